The molecule has 1 aromatic carbocycles. The average molecular weight is 380 g/mol. The maximum Gasteiger partial charge on any atom is 0.231 e. The molecule has 3 aliphatic rings. The van der Waals surface area contributed by atoms with Crippen molar-refractivity contribution in [1.82, 2.24) is 4.90 Å². The number of benzene rings is 1. The fourth-order valence-corrected chi connectivity index (χ4v) is 4.53. The van der Waals surface area contributed by atoms with E-state index in [1.54, 1.807) is 48.6 Å². The van der Waals surface area contributed by atoms with Crippen LogP contribution in [0.1, 0.15) is 5.76 Å². The molecule has 2 amide bonds. The van der Waals surface area contributed by atoms with Crippen molar-refractivity contribution < 1.29 is 23.5 Å². The standard InChI is InChI=1S/C21H20N2O5/c1-26-14-5-2-4-13(10-14)22-19(24)17-16-7-8-21(28-16)12-23(20(25)18(17)21)11-15-6-3-9-27-15/h2-10,16-18H,11-12H2,1H3,(H,22,24)/t16-,17+,18+,21+/m1/s1. The van der Waals surface area contributed by atoms with Crippen LogP contribution < -0.4 is 10.1 Å². The van der Waals surface area contributed by atoms with Gasteiger partial charge in [-0.05, 0) is 24.3 Å². The molecular weight excluding hydrogens is 360 g/mol. The number of nitrogens with one attached hydrogen (secondary N) is 1. The van der Waals surface area contributed by atoms with E-state index in [2.05, 4.69) is 5.32 Å². The van der Waals surface area contributed by atoms with Gasteiger partial charge in [0, 0.05) is 11.8 Å². The van der Waals surface area contributed by atoms with Gasteiger partial charge in [0.25, 0.3) is 0 Å². The first kappa shape index (κ1) is 17.1. The number of furan rings is 1. The highest BCUT2D eigenvalue weighted by Gasteiger charge is 2.66. The summed E-state index contributed by atoms with van der Waals surface area (Å²) in [5.74, 6) is -0.0225. The van der Waals surface area contributed by atoms with Crippen LogP contribution in [0.25, 0.3) is 0 Å². The van der Waals surface area contributed by atoms with Crippen LogP contribution in [0.5, 0.6) is 5.75 Å². The third kappa shape index (κ3) is 2.54. The first-order chi connectivity index (χ1) is 13.6. The Labute approximate surface area is 161 Å². The largest absolute Gasteiger partial charge is 0.497 e. The molecular formula is C21H20N2O5. The summed E-state index contributed by atoms with van der Waals surface area (Å²) < 4.78 is 16.7. The Morgan fingerprint density at radius 3 is 3.04 bits per heavy atom. The highest BCUT2D eigenvalue weighted by atomic mass is 16.5. The molecule has 4 atom stereocenters. The number of ether oxygens (including phenoxy) is 2. The molecule has 2 aromatic rings. The Hall–Kier alpha value is -3.06. The summed E-state index contributed by atoms with van der Waals surface area (Å²) in [4.78, 5) is 27.9. The Morgan fingerprint density at radius 1 is 1.36 bits per heavy atom. The number of nitrogens with zero attached hydrogens (tertiary/aromatic N) is 1. The first-order valence-corrected chi connectivity index (χ1v) is 9.23. The third-order valence-corrected chi connectivity index (χ3v) is 5.75. The highest BCUT2D eigenvalue weighted by Crippen LogP contribution is 2.52. The number of likely N-dealkylation sites (tertiary alicyclic amines) is 1. The normalized spacial score (nSPS) is 30.0. The van der Waals surface area contributed by atoms with Crippen molar-refractivity contribution in [2.24, 2.45) is 11.8 Å². The molecule has 2 saturated heterocycles. The monoisotopic (exact) mass is 380 g/mol. The minimum Gasteiger partial charge on any atom is -0.497 e. The average Bonchev–Trinajstić information content (AvgIpc) is 3.45. The number of carbonyl (C=O) groups excluding carboxylic acids is 2. The van der Waals surface area contributed by atoms with Crippen LogP contribution in [-0.4, -0.2) is 42.1 Å². The second kappa shape index (κ2) is 6.24. The van der Waals surface area contributed by atoms with E-state index in [-0.39, 0.29) is 17.9 Å². The van der Waals surface area contributed by atoms with Gasteiger partial charge in [0.15, 0.2) is 0 Å². The highest BCUT2D eigenvalue weighted by molar-refractivity contribution is 5.99. The molecule has 7 nitrogen and oxygen atoms in total. The van der Waals surface area contributed by atoms with E-state index >= 15 is 0 Å². The molecule has 28 heavy (non-hydrogen) atoms. The van der Waals surface area contributed by atoms with Crippen molar-refractivity contribution in [3.05, 3.63) is 60.6 Å². The molecule has 0 aliphatic carbocycles. The van der Waals surface area contributed by atoms with Gasteiger partial charge in [-0.3, -0.25) is 9.59 Å². The summed E-state index contributed by atoms with van der Waals surface area (Å²) in [6.45, 7) is 0.795. The molecule has 0 radical (unpaired) electrons. The number of methoxy groups -OCH3 is 1. The van der Waals surface area contributed by atoms with E-state index in [9.17, 15) is 9.59 Å². The molecule has 1 spiro atoms. The van der Waals surface area contributed by atoms with Crippen molar-refractivity contribution in [2.75, 3.05) is 19.0 Å². The Kier molecular flexibility index (Phi) is 3.80. The topological polar surface area (TPSA) is 81.0 Å². The predicted molar refractivity (Wildman–Crippen MR) is 99.5 cm³/mol. The second-order valence-electron chi connectivity index (χ2n) is 7.39. The number of hydrogen-bond acceptors (Lipinski definition) is 5. The van der Waals surface area contributed by atoms with Gasteiger partial charge in [-0.1, -0.05) is 18.2 Å². The lowest BCUT2D eigenvalue weighted by Gasteiger charge is -2.23. The second-order valence-corrected chi connectivity index (χ2v) is 7.39. The predicted octanol–water partition coefficient (Wildman–Crippen LogP) is 2.21. The minimum absolute atomic E-state index is 0.0750. The number of hydrogen-bond donors (Lipinski definition) is 1. The van der Waals surface area contributed by atoms with Gasteiger partial charge < -0.3 is 24.1 Å². The number of fused-ring (bicyclic) bond motifs is 1. The quantitative estimate of drug-likeness (QED) is 0.805. The summed E-state index contributed by atoms with van der Waals surface area (Å²) >= 11 is 0. The van der Waals surface area contributed by atoms with Gasteiger partial charge >= 0.3 is 0 Å². The van der Waals surface area contributed by atoms with E-state index in [4.69, 9.17) is 13.9 Å². The minimum atomic E-state index is -0.731. The van der Waals surface area contributed by atoms with Crippen LogP contribution in [0.2, 0.25) is 0 Å². The summed E-state index contributed by atoms with van der Waals surface area (Å²) in [6.07, 6.45) is 5.04. The number of anilines is 1. The van der Waals surface area contributed by atoms with Crippen molar-refractivity contribution >= 4 is 17.5 Å². The lowest BCUT2D eigenvalue weighted by molar-refractivity contribution is -0.136. The molecule has 0 saturated carbocycles. The first-order valence-electron chi connectivity index (χ1n) is 9.23. The van der Waals surface area contributed by atoms with Crippen molar-refractivity contribution in [1.29, 1.82) is 0 Å². The van der Waals surface area contributed by atoms with E-state index in [0.717, 1.165) is 0 Å². The van der Waals surface area contributed by atoms with Crippen LogP contribution in [-0.2, 0) is 20.9 Å². The van der Waals surface area contributed by atoms with E-state index in [1.165, 1.54) is 0 Å². The lowest BCUT2D eigenvalue weighted by atomic mass is 9.77. The van der Waals surface area contributed by atoms with Gasteiger partial charge in [0.05, 0.1) is 44.4 Å². The summed E-state index contributed by atoms with van der Waals surface area (Å²) in [7, 11) is 1.57. The molecule has 2 fully saturated rings. The molecule has 7 heteroatoms. The summed E-state index contributed by atoms with van der Waals surface area (Å²) in [5.41, 5.74) is -0.104. The Balaban J connectivity index is 1.38. The zero-order chi connectivity index (χ0) is 19.3. The molecule has 1 aromatic heterocycles. The van der Waals surface area contributed by atoms with Gasteiger partial charge in [0.1, 0.15) is 17.1 Å². The SMILES string of the molecule is COc1cccc(NC(=O)[C@@H]2[C@H]3C(=O)N(Cc4ccco4)C[C@@]34C=C[C@H]2O4)c1. The summed E-state index contributed by atoms with van der Waals surface area (Å²) in [5, 5.41) is 2.91. The number of amides is 2. The van der Waals surface area contributed by atoms with Crippen LogP contribution in [0, 0.1) is 11.8 Å². The lowest BCUT2D eigenvalue weighted by Crippen LogP contribution is -2.41. The van der Waals surface area contributed by atoms with E-state index < -0.39 is 17.4 Å². The maximum atomic E-state index is 13.1. The van der Waals surface area contributed by atoms with Crippen molar-refractivity contribution in [3.8, 4) is 5.75 Å². The molecule has 5 rings (SSSR count). The van der Waals surface area contributed by atoms with Gasteiger partial charge in [-0.2, -0.15) is 0 Å². The van der Waals surface area contributed by atoms with Crippen LogP contribution in [0.4, 0.5) is 5.69 Å². The molecule has 0 unspecified atom stereocenters. The van der Waals surface area contributed by atoms with Gasteiger partial charge in [0.2, 0.25) is 11.8 Å². The zero-order valence-electron chi connectivity index (χ0n) is 15.3. The smallest absolute Gasteiger partial charge is 0.231 e. The van der Waals surface area contributed by atoms with Crippen LogP contribution in [0.3, 0.4) is 0 Å². The zero-order valence-corrected chi connectivity index (χ0v) is 15.3. The van der Waals surface area contributed by atoms with Gasteiger partial charge in [-0.15, -0.1) is 0 Å². The fraction of sp³-hybridized carbons (Fsp3) is 0.333. The summed E-state index contributed by atoms with van der Waals surface area (Å²) in [6, 6.07) is 10.8. The Morgan fingerprint density at radius 2 is 2.25 bits per heavy atom. The Bertz CT molecular complexity index is 953. The van der Waals surface area contributed by atoms with Crippen LogP contribution in [0.15, 0.2) is 59.2 Å². The van der Waals surface area contributed by atoms with E-state index in [0.29, 0.717) is 30.3 Å². The third-order valence-electron chi connectivity index (χ3n) is 5.75. The number of carbonyl (C=O) groups is 2. The number of rotatable bonds is 5. The molecule has 2 bridgehead atoms. The van der Waals surface area contributed by atoms with E-state index in [1.807, 2.05) is 18.2 Å². The van der Waals surface area contributed by atoms with Gasteiger partial charge in [-0.25, -0.2) is 0 Å². The molecule has 144 valence electrons. The fourth-order valence-electron chi connectivity index (χ4n) is 4.53. The molecule has 3 aliphatic heterocycles. The molecule has 4 heterocycles. The van der Waals surface area contributed by atoms with Crippen molar-refractivity contribution in [2.45, 2.75) is 18.2 Å². The van der Waals surface area contributed by atoms with Crippen molar-refractivity contribution in [3.63, 3.8) is 0 Å². The van der Waals surface area contributed by atoms with Crippen LogP contribution >= 0.6 is 0 Å². The molecule has 1 N–H and O–H groups in total. The maximum absolute atomic E-state index is 13.1.